The molecule has 0 bridgehead atoms. The van der Waals surface area contributed by atoms with Crippen molar-refractivity contribution in [3.63, 3.8) is 0 Å². The van der Waals surface area contributed by atoms with Crippen LogP contribution < -0.4 is 4.90 Å². The molecule has 6 heteroatoms. The molecule has 0 aliphatic rings. The smallest absolute Gasteiger partial charge is 0.115 e. The van der Waals surface area contributed by atoms with Crippen LogP contribution in [0.4, 0.5) is 5.69 Å². The maximum absolute atomic E-state index is 10.8. The number of hydrogen-bond donors (Lipinski definition) is 3. The average molecular weight is 874 g/mol. The minimum atomic E-state index is -0.670. The van der Waals surface area contributed by atoms with Gasteiger partial charge in [0.1, 0.15) is 5.75 Å². The first-order valence-electron chi connectivity index (χ1n) is 27.6. The lowest BCUT2D eigenvalue weighted by Gasteiger charge is -2.29. The summed E-state index contributed by atoms with van der Waals surface area (Å²) in [6.07, 6.45) is 53.6. The van der Waals surface area contributed by atoms with Gasteiger partial charge < -0.3 is 29.7 Å². The van der Waals surface area contributed by atoms with Gasteiger partial charge in [0.2, 0.25) is 0 Å². The summed E-state index contributed by atoms with van der Waals surface area (Å²) >= 11 is 0. The summed E-state index contributed by atoms with van der Waals surface area (Å²) in [6.45, 7) is 7.18. The van der Waals surface area contributed by atoms with Crippen molar-refractivity contribution < 1.29 is 24.8 Å². The molecule has 1 aromatic rings. The second-order valence-electron chi connectivity index (χ2n) is 19.3. The Morgan fingerprint density at radius 3 is 0.823 bits per heavy atom. The maximum Gasteiger partial charge on any atom is 0.115 e. The summed E-state index contributed by atoms with van der Waals surface area (Å²) in [5.41, 5.74) is 0.851. The quantitative estimate of drug-likeness (QED) is 0.0566. The largest absolute Gasteiger partial charge is 0.508 e. The topological polar surface area (TPSA) is 82.4 Å². The van der Waals surface area contributed by atoms with Gasteiger partial charge in [-0.1, -0.05) is 258 Å². The molecule has 0 aromatic heterocycles. The fraction of sp³-hybridized carbons (Fsp3) is 0.893. The van der Waals surface area contributed by atoms with Gasteiger partial charge in [-0.05, 0) is 37.1 Å². The van der Waals surface area contributed by atoms with Crippen LogP contribution in [0.15, 0.2) is 24.3 Å². The van der Waals surface area contributed by atoms with E-state index in [1.807, 2.05) is 17.0 Å². The molecule has 0 aliphatic carbocycles. The number of rotatable bonds is 51. The third kappa shape index (κ3) is 41.4. The van der Waals surface area contributed by atoms with Crippen LogP contribution in [0.1, 0.15) is 271 Å². The summed E-state index contributed by atoms with van der Waals surface area (Å²) in [4.78, 5) is 1.97. The molecule has 62 heavy (non-hydrogen) atoms. The standard InChI is InChI=1S/C56H107NO5/c1-3-5-7-9-11-13-15-17-19-21-23-25-27-29-31-33-35-37-39-41-47-61-51-55(59)49-57(53-43-45-54(58)46-44-53)50-56(60)52-62-48-42-40-38-36-34-32-30-28-26-24-22-20-18-16-14-12-10-8-6-4-2/h43-46,55-56,58-60H,3-42,47-52H2,1-2H3. The number of aliphatic hydroxyl groups is 2. The van der Waals surface area contributed by atoms with E-state index in [1.165, 1.54) is 244 Å². The normalized spacial score (nSPS) is 12.6. The van der Waals surface area contributed by atoms with Gasteiger partial charge in [-0.15, -0.1) is 0 Å². The number of unbranched alkanes of at least 4 members (excludes halogenated alkanes) is 38. The summed E-state index contributed by atoms with van der Waals surface area (Å²) in [6, 6.07) is 6.95. The molecule has 0 spiro atoms. The van der Waals surface area contributed by atoms with Crippen molar-refractivity contribution in [3.8, 4) is 5.75 Å². The predicted molar refractivity (Wildman–Crippen MR) is 270 cm³/mol. The van der Waals surface area contributed by atoms with Gasteiger partial charge in [0.15, 0.2) is 0 Å². The van der Waals surface area contributed by atoms with E-state index < -0.39 is 12.2 Å². The zero-order valence-corrected chi connectivity index (χ0v) is 41.6. The van der Waals surface area contributed by atoms with Crippen LogP contribution in [0.5, 0.6) is 5.75 Å². The third-order valence-corrected chi connectivity index (χ3v) is 13.0. The predicted octanol–water partition coefficient (Wildman–Crippen LogP) is 16.6. The van der Waals surface area contributed by atoms with Gasteiger partial charge in [-0.3, -0.25) is 0 Å². The Morgan fingerprint density at radius 2 is 0.581 bits per heavy atom. The molecule has 366 valence electrons. The molecule has 0 amide bonds. The molecule has 0 saturated heterocycles. The fourth-order valence-electron chi connectivity index (χ4n) is 8.92. The van der Waals surface area contributed by atoms with Crippen molar-refractivity contribution in [2.45, 2.75) is 283 Å². The molecule has 3 N–H and O–H groups in total. The SMILES string of the molecule is CCCCCCCCCCCCCCCCCCCCCCOCC(O)CN(CC(O)COCCCCCCCCCCCCCCCCCCCCCC)c1ccc(O)cc1. The molecule has 0 saturated carbocycles. The molecule has 0 radical (unpaired) electrons. The lowest BCUT2D eigenvalue weighted by molar-refractivity contribution is 0.0284. The number of anilines is 1. The monoisotopic (exact) mass is 874 g/mol. The van der Waals surface area contributed by atoms with Crippen molar-refractivity contribution >= 4 is 5.69 Å². The van der Waals surface area contributed by atoms with Gasteiger partial charge in [0, 0.05) is 32.0 Å². The van der Waals surface area contributed by atoms with Crippen LogP contribution in [0.3, 0.4) is 0 Å². The molecule has 6 nitrogen and oxygen atoms in total. The number of aromatic hydroxyl groups is 1. The molecule has 1 rings (SSSR count). The zero-order chi connectivity index (χ0) is 44.7. The minimum absolute atomic E-state index is 0.200. The Kier molecular flexibility index (Phi) is 45.1. The molecule has 2 atom stereocenters. The molecular weight excluding hydrogens is 767 g/mol. The average Bonchev–Trinajstić information content (AvgIpc) is 3.27. The highest BCUT2D eigenvalue weighted by molar-refractivity contribution is 5.49. The molecule has 2 unspecified atom stereocenters. The fourth-order valence-corrected chi connectivity index (χ4v) is 8.92. The van der Waals surface area contributed by atoms with Crippen LogP contribution >= 0.6 is 0 Å². The maximum atomic E-state index is 10.8. The lowest BCUT2D eigenvalue weighted by Crippen LogP contribution is -2.41. The lowest BCUT2D eigenvalue weighted by atomic mass is 10.0. The number of phenols is 1. The van der Waals surface area contributed by atoms with Crippen LogP contribution in [0.2, 0.25) is 0 Å². The third-order valence-electron chi connectivity index (χ3n) is 13.0. The van der Waals surface area contributed by atoms with E-state index in [-0.39, 0.29) is 19.0 Å². The summed E-state index contributed by atoms with van der Waals surface area (Å²) in [5, 5.41) is 31.5. The van der Waals surface area contributed by atoms with E-state index in [0.29, 0.717) is 26.3 Å². The van der Waals surface area contributed by atoms with Crippen molar-refractivity contribution in [2.75, 3.05) is 44.4 Å². The minimum Gasteiger partial charge on any atom is -0.508 e. The molecular formula is C56H107NO5. The van der Waals surface area contributed by atoms with Crippen molar-refractivity contribution in [3.05, 3.63) is 24.3 Å². The molecule has 0 aliphatic heterocycles. The Morgan fingerprint density at radius 1 is 0.355 bits per heavy atom. The van der Waals surface area contributed by atoms with Crippen LogP contribution in [-0.2, 0) is 9.47 Å². The highest BCUT2D eigenvalue weighted by atomic mass is 16.5. The summed E-state index contributed by atoms with van der Waals surface area (Å²) in [5.74, 6) is 0.200. The second kappa shape index (κ2) is 47.6. The number of aliphatic hydroxyl groups excluding tert-OH is 2. The number of ether oxygens (including phenoxy) is 2. The van der Waals surface area contributed by atoms with Crippen molar-refractivity contribution in [2.24, 2.45) is 0 Å². The second-order valence-corrected chi connectivity index (χ2v) is 19.3. The van der Waals surface area contributed by atoms with E-state index in [9.17, 15) is 15.3 Å². The van der Waals surface area contributed by atoms with Gasteiger partial charge in [0.05, 0.1) is 25.4 Å². The zero-order valence-electron chi connectivity index (χ0n) is 41.6. The van der Waals surface area contributed by atoms with E-state index in [1.54, 1.807) is 12.1 Å². The van der Waals surface area contributed by atoms with Gasteiger partial charge in [-0.25, -0.2) is 0 Å². The molecule has 1 aromatic carbocycles. The van der Waals surface area contributed by atoms with E-state index in [4.69, 9.17) is 9.47 Å². The highest BCUT2D eigenvalue weighted by Gasteiger charge is 2.17. The van der Waals surface area contributed by atoms with Crippen molar-refractivity contribution in [1.82, 2.24) is 0 Å². The first-order valence-corrected chi connectivity index (χ1v) is 27.6. The summed E-state index contributed by atoms with van der Waals surface area (Å²) in [7, 11) is 0. The Hall–Kier alpha value is -1.34. The highest BCUT2D eigenvalue weighted by Crippen LogP contribution is 2.21. The Balaban J connectivity index is 1.99. The van der Waals surface area contributed by atoms with Crippen LogP contribution in [-0.4, -0.2) is 67.0 Å². The van der Waals surface area contributed by atoms with Gasteiger partial charge >= 0.3 is 0 Å². The first kappa shape index (κ1) is 58.7. The number of hydrogen-bond acceptors (Lipinski definition) is 6. The number of nitrogens with zero attached hydrogens (tertiary/aromatic N) is 1. The number of benzene rings is 1. The van der Waals surface area contributed by atoms with Gasteiger partial charge in [-0.2, -0.15) is 0 Å². The van der Waals surface area contributed by atoms with E-state index >= 15 is 0 Å². The molecule has 0 heterocycles. The Labute approximate surface area is 386 Å². The van der Waals surface area contributed by atoms with Crippen LogP contribution in [0.25, 0.3) is 0 Å². The van der Waals surface area contributed by atoms with Gasteiger partial charge in [0.25, 0.3) is 0 Å². The summed E-state index contributed by atoms with van der Waals surface area (Å²) < 4.78 is 11.7. The number of phenolic OH excluding ortho intramolecular Hbond substituents is 1. The van der Waals surface area contributed by atoms with Crippen LogP contribution in [0, 0.1) is 0 Å². The van der Waals surface area contributed by atoms with E-state index in [2.05, 4.69) is 13.8 Å². The van der Waals surface area contributed by atoms with Crippen molar-refractivity contribution in [1.29, 1.82) is 0 Å². The first-order chi connectivity index (χ1) is 30.6. The Bertz CT molecular complexity index is 935. The molecule has 0 fully saturated rings. The van der Waals surface area contributed by atoms with E-state index in [0.717, 1.165) is 18.5 Å².